The topological polar surface area (TPSA) is 145 Å². The molecule has 2 aliphatic rings. The lowest BCUT2D eigenvalue weighted by Gasteiger charge is -2.40. The van der Waals surface area contributed by atoms with Crippen LogP contribution < -0.4 is 15.1 Å². The highest BCUT2D eigenvalue weighted by Crippen LogP contribution is 2.35. The normalized spacial score (nSPS) is 16.3. The van der Waals surface area contributed by atoms with Gasteiger partial charge in [-0.25, -0.2) is 4.79 Å². The molecule has 180 valence electrons. The summed E-state index contributed by atoms with van der Waals surface area (Å²) in [5.74, 6) is -0.622. The van der Waals surface area contributed by atoms with Crippen LogP contribution >= 0.6 is 0 Å². The van der Waals surface area contributed by atoms with Crippen LogP contribution in [0.2, 0.25) is 0 Å². The Morgan fingerprint density at radius 2 is 1.85 bits per heavy atom. The number of rotatable bonds is 7. The standard InChI is InChI=1S/C23H26N4O7/c28-12-17(13-29)24-22(30)15-5-6-20(21(11-15)27(32)33)25-9-7-18(8-10-25)26-19-4-2-1-3-16(19)14-34-23(26)31/h1-6,11,17-18,28-29H,7-10,12-14H2,(H,24,30). The average molecular weight is 470 g/mol. The van der Waals surface area contributed by atoms with Crippen molar-refractivity contribution in [2.45, 2.75) is 31.5 Å². The van der Waals surface area contributed by atoms with E-state index in [0.29, 0.717) is 31.6 Å². The minimum atomic E-state index is -0.850. The van der Waals surface area contributed by atoms with Gasteiger partial charge in [0, 0.05) is 36.3 Å². The second kappa shape index (κ2) is 10.1. The molecule has 1 fully saturated rings. The quantitative estimate of drug-likeness (QED) is 0.410. The summed E-state index contributed by atoms with van der Waals surface area (Å²) in [5, 5.41) is 32.5. The lowest BCUT2D eigenvalue weighted by molar-refractivity contribution is -0.384. The van der Waals surface area contributed by atoms with E-state index in [2.05, 4.69) is 5.32 Å². The third-order valence-electron chi connectivity index (χ3n) is 6.18. The number of benzene rings is 2. The number of ether oxygens (including phenoxy) is 1. The fourth-order valence-corrected chi connectivity index (χ4v) is 4.38. The van der Waals surface area contributed by atoms with Gasteiger partial charge in [0.25, 0.3) is 11.6 Å². The number of nitro benzene ring substituents is 1. The molecule has 11 nitrogen and oxygen atoms in total. The number of anilines is 2. The number of para-hydroxylation sites is 1. The van der Waals surface area contributed by atoms with Crippen LogP contribution in [0.1, 0.15) is 28.8 Å². The molecule has 2 aliphatic heterocycles. The zero-order valence-electron chi connectivity index (χ0n) is 18.4. The largest absolute Gasteiger partial charge is 0.444 e. The lowest BCUT2D eigenvalue weighted by Crippen LogP contribution is -2.49. The fourth-order valence-electron chi connectivity index (χ4n) is 4.38. The Labute approximate surface area is 195 Å². The molecule has 0 radical (unpaired) electrons. The zero-order chi connectivity index (χ0) is 24.2. The van der Waals surface area contributed by atoms with Gasteiger partial charge in [0.1, 0.15) is 12.3 Å². The second-order valence-electron chi connectivity index (χ2n) is 8.27. The number of aliphatic hydroxyl groups excluding tert-OH is 2. The molecule has 4 rings (SSSR count). The van der Waals surface area contributed by atoms with Crippen LogP contribution in [-0.4, -0.2) is 65.5 Å². The van der Waals surface area contributed by atoms with Crippen LogP contribution in [0.15, 0.2) is 42.5 Å². The maximum Gasteiger partial charge on any atom is 0.414 e. The summed E-state index contributed by atoms with van der Waals surface area (Å²) < 4.78 is 5.33. The van der Waals surface area contributed by atoms with Crippen LogP contribution in [0.3, 0.4) is 0 Å². The summed E-state index contributed by atoms with van der Waals surface area (Å²) in [6.45, 7) is 0.312. The van der Waals surface area contributed by atoms with Crippen molar-refractivity contribution in [1.29, 1.82) is 0 Å². The Morgan fingerprint density at radius 3 is 2.53 bits per heavy atom. The van der Waals surface area contributed by atoms with E-state index in [1.807, 2.05) is 29.2 Å². The minimum Gasteiger partial charge on any atom is -0.444 e. The number of carbonyl (C=O) groups excluding carboxylic acids is 2. The van der Waals surface area contributed by atoms with Crippen molar-refractivity contribution in [3.8, 4) is 0 Å². The van der Waals surface area contributed by atoms with Gasteiger partial charge >= 0.3 is 6.09 Å². The minimum absolute atomic E-state index is 0.0601. The van der Waals surface area contributed by atoms with Gasteiger partial charge in [-0.3, -0.25) is 19.8 Å². The number of piperidine rings is 1. The van der Waals surface area contributed by atoms with E-state index in [-0.39, 0.29) is 30.0 Å². The molecule has 0 bridgehead atoms. The van der Waals surface area contributed by atoms with Gasteiger partial charge < -0.3 is 25.2 Å². The molecule has 2 amide bonds. The van der Waals surface area contributed by atoms with E-state index in [1.165, 1.54) is 18.2 Å². The second-order valence-corrected chi connectivity index (χ2v) is 8.27. The molecule has 0 spiro atoms. The molecule has 2 heterocycles. The van der Waals surface area contributed by atoms with Crippen molar-refractivity contribution in [1.82, 2.24) is 5.32 Å². The molecule has 34 heavy (non-hydrogen) atoms. The van der Waals surface area contributed by atoms with E-state index in [9.17, 15) is 19.7 Å². The predicted molar refractivity (Wildman–Crippen MR) is 123 cm³/mol. The molecule has 1 saturated heterocycles. The first-order valence-corrected chi connectivity index (χ1v) is 11.0. The highest BCUT2D eigenvalue weighted by Gasteiger charge is 2.35. The first kappa shape index (κ1) is 23.5. The van der Waals surface area contributed by atoms with Gasteiger partial charge in [-0.15, -0.1) is 0 Å². The van der Waals surface area contributed by atoms with Gasteiger partial charge in [0.05, 0.1) is 29.9 Å². The summed E-state index contributed by atoms with van der Waals surface area (Å²) in [6.07, 6.45) is 0.803. The smallest absolute Gasteiger partial charge is 0.414 e. The van der Waals surface area contributed by atoms with Gasteiger partial charge in [0.2, 0.25) is 0 Å². The zero-order valence-corrected chi connectivity index (χ0v) is 18.4. The number of carbonyl (C=O) groups is 2. The highest BCUT2D eigenvalue weighted by atomic mass is 16.6. The van der Waals surface area contributed by atoms with E-state index in [0.717, 1.165) is 11.3 Å². The molecule has 3 N–H and O–H groups in total. The highest BCUT2D eigenvalue weighted by molar-refractivity contribution is 5.96. The molecule has 0 unspecified atom stereocenters. The Morgan fingerprint density at radius 1 is 1.15 bits per heavy atom. The fraction of sp³-hybridized carbons (Fsp3) is 0.391. The number of nitrogens with one attached hydrogen (secondary N) is 1. The summed E-state index contributed by atoms with van der Waals surface area (Å²) in [6, 6.07) is 10.9. The summed E-state index contributed by atoms with van der Waals surface area (Å²) in [5.41, 5.74) is 2.02. The van der Waals surface area contributed by atoms with Crippen molar-refractivity contribution in [2.75, 3.05) is 36.1 Å². The molecular formula is C23H26N4O7. The average Bonchev–Trinajstić information content (AvgIpc) is 2.87. The molecule has 0 aromatic heterocycles. The summed E-state index contributed by atoms with van der Waals surface area (Å²) in [7, 11) is 0. The van der Waals surface area contributed by atoms with Gasteiger partial charge in [-0.05, 0) is 31.0 Å². The Hall–Kier alpha value is -3.70. The van der Waals surface area contributed by atoms with Crippen molar-refractivity contribution < 1.29 is 29.5 Å². The lowest BCUT2D eigenvalue weighted by atomic mass is 9.99. The Balaban J connectivity index is 1.49. The van der Waals surface area contributed by atoms with Crippen molar-refractivity contribution in [3.63, 3.8) is 0 Å². The van der Waals surface area contributed by atoms with E-state index in [1.54, 1.807) is 4.90 Å². The first-order valence-electron chi connectivity index (χ1n) is 11.0. The summed E-state index contributed by atoms with van der Waals surface area (Å²) in [4.78, 5) is 39.7. The third kappa shape index (κ3) is 4.66. The van der Waals surface area contributed by atoms with Crippen molar-refractivity contribution >= 4 is 29.1 Å². The van der Waals surface area contributed by atoms with Crippen molar-refractivity contribution in [3.05, 3.63) is 63.7 Å². The van der Waals surface area contributed by atoms with Gasteiger partial charge in [-0.2, -0.15) is 0 Å². The molecular weight excluding hydrogens is 444 g/mol. The third-order valence-corrected chi connectivity index (χ3v) is 6.18. The van der Waals surface area contributed by atoms with Crippen LogP contribution in [0, 0.1) is 10.1 Å². The SMILES string of the molecule is O=C(NC(CO)CO)c1ccc(N2CCC(N3C(=O)OCc4ccccc43)CC2)c([N+](=O)[O-])c1. The van der Waals surface area contributed by atoms with Crippen LogP contribution in [0.25, 0.3) is 0 Å². The molecule has 2 aromatic carbocycles. The molecule has 0 saturated carbocycles. The number of nitrogens with zero attached hydrogens (tertiary/aromatic N) is 3. The molecule has 0 atom stereocenters. The first-order chi connectivity index (χ1) is 16.4. The number of aliphatic hydroxyl groups is 2. The monoisotopic (exact) mass is 470 g/mol. The number of fused-ring (bicyclic) bond motifs is 1. The number of amides is 2. The maximum atomic E-state index is 12.5. The van der Waals surface area contributed by atoms with Gasteiger partial charge in [-0.1, -0.05) is 18.2 Å². The number of cyclic esters (lactones) is 1. The van der Waals surface area contributed by atoms with Gasteiger partial charge in [0.15, 0.2) is 0 Å². The van der Waals surface area contributed by atoms with Crippen molar-refractivity contribution in [2.24, 2.45) is 0 Å². The predicted octanol–water partition coefficient (Wildman–Crippen LogP) is 1.80. The Kier molecular flexibility index (Phi) is 6.94. The number of hydrogen-bond acceptors (Lipinski definition) is 8. The number of hydrogen-bond donors (Lipinski definition) is 3. The molecule has 0 aliphatic carbocycles. The van der Waals surface area contributed by atoms with Crippen LogP contribution in [-0.2, 0) is 11.3 Å². The van der Waals surface area contributed by atoms with E-state index >= 15 is 0 Å². The summed E-state index contributed by atoms with van der Waals surface area (Å²) >= 11 is 0. The van der Waals surface area contributed by atoms with E-state index in [4.69, 9.17) is 14.9 Å². The Bertz CT molecular complexity index is 1080. The van der Waals surface area contributed by atoms with E-state index < -0.39 is 30.1 Å². The van der Waals surface area contributed by atoms with Crippen LogP contribution in [0.5, 0.6) is 0 Å². The molecule has 2 aromatic rings. The number of nitro groups is 1. The molecule has 11 heteroatoms. The maximum absolute atomic E-state index is 12.5. The van der Waals surface area contributed by atoms with Crippen LogP contribution in [0.4, 0.5) is 21.9 Å².